The van der Waals surface area contributed by atoms with Gasteiger partial charge in [-0.1, -0.05) is 41.1 Å². The number of carbonyl (C=O) groups is 1. The zero-order valence-electron chi connectivity index (χ0n) is 25.7. The number of ether oxygens (including phenoxy) is 4. The monoisotopic (exact) mass is 788 g/mol. The fourth-order valence-electron chi connectivity index (χ4n) is 5.00. The second-order valence-electron chi connectivity index (χ2n) is 10.6. The molecule has 0 fully saturated rings. The van der Waals surface area contributed by atoms with Crippen molar-refractivity contribution in [3.8, 4) is 17.2 Å². The summed E-state index contributed by atoms with van der Waals surface area (Å²) in [5, 5.41) is 0.660. The number of fused-ring (bicyclic) bond motifs is 1. The fraction of sp³-hybridized carbons (Fsp3) is 0.265. The molecule has 1 aliphatic heterocycles. The molecule has 0 N–H and O–H groups in total. The SMILES string of the molecule is CCOC(=O)C1=C(C)N=c2s/c(=C\c3cc(Br)c(OCc4ccc(Cl)cc4)c(Br)c3)c(=O)n2[C@H]1c1ccc(OC(C)C)c(OC)c1. The minimum atomic E-state index is -0.790. The summed E-state index contributed by atoms with van der Waals surface area (Å²) >= 11 is 14.5. The average Bonchev–Trinajstić information content (AvgIpc) is 3.30. The van der Waals surface area contributed by atoms with Crippen molar-refractivity contribution in [3.05, 3.63) is 116 Å². The molecule has 0 radical (unpaired) electrons. The number of benzene rings is 3. The molecule has 4 aromatic rings. The zero-order chi connectivity index (χ0) is 33.1. The van der Waals surface area contributed by atoms with Gasteiger partial charge in [0.1, 0.15) is 12.4 Å². The predicted octanol–water partition coefficient (Wildman–Crippen LogP) is 7.35. The molecule has 0 saturated heterocycles. The van der Waals surface area contributed by atoms with Crippen LogP contribution in [0.5, 0.6) is 17.2 Å². The van der Waals surface area contributed by atoms with E-state index < -0.39 is 12.0 Å². The first-order valence-corrected chi connectivity index (χ1v) is 17.2. The molecule has 1 atom stereocenters. The maximum Gasteiger partial charge on any atom is 0.338 e. The van der Waals surface area contributed by atoms with Gasteiger partial charge >= 0.3 is 5.97 Å². The maximum atomic E-state index is 14.1. The number of rotatable bonds is 10. The minimum Gasteiger partial charge on any atom is -0.493 e. The summed E-state index contributed by atoms with van der Waals surface area (Å²) in [5.74, 6) is 1.14. The smallest absolute Gasteiger partial charge is 0.338 e. The van der Waals surface area contributed by atoms with Gasteiger partial charge in [-0.05, 0) is 119 Å². The van der Waals surface area contributed by atoms with Gasteiger partial charge in [0.2, 0.25) is 0 Å². The van der Waals surface area contributed by atoms with Crippen LogP contribution >= 0.6 is 54.8 Å². The molecule has 240 valence electrons. The van der Waals surface area contributed by atoms with E-state index in [2.05, 4.69) is 36.9 Å². The summed E-state index contributed by atoms with van der Waals surface area (Å²) in [6, 6.07) is 15.8. The van der Waals surface area contributed by atoms with Crippen LogP contribution in [0.2, 0.25) is 5.02 Å². The standard InChI is InChI=1S/C34H31Br2ClN2O6S/c1-6-43-33(41)29-19(4)38-34-39(30(29)22-9-12-26(45-18(2)3)27(16-22)42-5)32(40)28(46-34)15-21-13-24(35)31(25(36)14-21)44-17-20-7-10-23(37)11-8-20/h7-16,18,30H,6,17H2,1-5H3/b28-15-/t30-/m0/s1. The van der Waals surface area contributed by atoms with Crippen LogP contribution in [0.1, 0.15) is 50.4 Å². The van der Waals surface area contributed by atoms with Crippen LogP contribution in [0.4, 0.5) is 0 Å². The number of hydrogen-bond donors (Lipinski definition) is 0. The predicted molar refractivity (Wildman–Crippen MR) is 187 cm³/mol. The summed E-state index contributed by atoms with van der Waals surface area (Å²) in [5.41, 5.74) is 2.86. The Hall–Kier alpha value is -3.38. The molecule has 0 bridgehead atoms. The number of halogens is 3. The van der Waals surface area contributed by atoms with Gasteiger partial charge in [-0.3, -0.25) is 9.36 Å². The first-order valence-electron chi connectivity index (χ1n) is 14.4. The van der Waals surface area contributed by atoms with E-state index in [4.69, 9.17) is 30.5 Å². The van der Waals surface area contributed by atoms with Crippen LogP contribution in [0.3, 0.4) is 0 Å². The quantitative estimate of drug-likeness (QED) is 0.156. The van der Waals surface area contributed by atoms with E-state index in [0.29, 0.717) is 58.4 Å². The Labute approximate surface area is 292 Å². The largest absolute Gasteiger partial charge is 0.493 e. The average molecular weight is 791 g/mol. The summed E-state index contributed by atoms with van der Waals surface area (Å²) in [4.78, 5) is 32.6. The zero-order valence-corrected chi connectivity index (χ0v) is 30.5. The van der Waals surface area contributed by atoms with Crippen molar-refractivity contribution >= 4 is 66.8 Å². The Morgan fingerprint density at radius 1 is 1.09 bits per heavy atom. The molecule has 12 heteroatoms. The van der Waals surface area contributed by atoms with Gasteiger partial charge in [0.15, 0.2) is 16.3 Å². The minimum absolute atomic E-state index is 0.0705. The van der Waals surface area contributed by atoms with E-state index in [1.54, 1.807) is 43.7 Å². The summed E-state index contributed by atoms with van der Waals surface area (Å²) in [7, 11) is 1.55. The maximum absolute atomic E-state index is 14.1. The third-order valence-electron chi connectivity index (χ3n) is 7.00. The molecule has 3 aromatic carbocycles. The van der Waals surface area contributed by atoms with Gasteiger partial charge in [-0.2, -0.15) is 0 Å². The molecule has 1 aliphatic rings. The van der Waals surface area contributed by atoms with Crippen LogP contribution in [0.15, 0.2) is 84.6 Å². The van der Waals surface area contributed by atoms with Crippen molar-refractivity contribution < 1.29 is 23.7 Å². The molecule has 0 unspecified atom stereocenters. The summed E-state index contributed by atoms with van der Waals surface area (Å²) < 4.78 is 26.4. The van der Waals surface area contributed by atoms with Crippen molar-refractivity contribution in [1.82, 2.24) is 4.57 Å². The fourth-order valence-corrected chi connectivity index (χ4v) is 7.62. The Kier molecular flexibility index (Phi) is 10.8. The molecular weight excluding hydrogens is 760 g/mol. The highest BCUT2D eigenvalue weighted by molar-refractivity contribution is 9.11. The van der Waals surface area contributed by atoms with Gasteiger partial charge < -0.3 is 18.9 Å². The Morgan fingerprint density at radius 3 is 2.41 bits per heavy atom. The van der Waals surface area contributed by atoms with Crippen LogP contribution < -0.4 is 29.1 Å². The molecule has 0 spiro atoms. The van der Waals surface area contributed by atoms with E-state index >= 15 is 0 Å². The molecule has 8 nitrogen and oxygen atoms in total. The highest BCUT2D eigenvalue weighted by Gasteiger charge is 2.34. The summed E-state index contributed by atoms with van der Waals surface area (Å²) in [6.45, 7) is 7.87. The van der Waals surface area contributed by atoms with Gasteiger partial charge in [0.25, 0.3) is 5.56 Å². The van der Waals surface area contributed by atoms with Gasteiger partial charge in [0, 0.05) is 5.02 Å². The van der Waals surface area contributed by atoms with Crippen LogP contribution in [-0.4, -0.2) is 30.4 Å². The first kappa shape index (κ1) is 34.0. The van der Waals surface area contributed by atoms with Crippen LogP contribution in [-0.2, 0) is 16.1 Å². The van der Waals surface area contributed by atoms with Crippen molar-refractivity contribution in [3.63, 3.8) is 0 Å². The lowest BCUT2D eigenvalue weighted by molar-refractivity contribution is -0.139. The van der Waals surface area contributed by atoms with Gasteiger partial charge in [-0.25, -0.2) is 9.79 Å². The molecule has 1 aromatic heterocycles. The van der Waals surface area contributed by atoms with Crippen LogP contribution in [0.25, 0.3) is 6.08 Å². The molecule has 5 rings (SSSR count). The molecule has 0 saturated carbocycles. The number of methoxy groups -OCH3 is 1. The lowest BCUT2D eigenvalue weighted by Gasteiger charge is -2.25. The second kappa shape index (κ2) is 14.6. The lowest BCUT2D eigenvalue weighted by atomic mass is 9.95. The number of carbonyl (C=O) groups excluding carboxylic acids is 1. The van der Waals surface area contributed by atoms with Gasteiger partial charge in [0.05, 0.1) is 50.6 Å². The van der Waals surface area contributed by atoms with Crippen molar-refractivity contribution in [1.29, 1.82) is 0 Å². The first-order chi connectivity index (χ1) is 22.0. The number of hydrogen-bond acceptors (Lipinski definition) is 8. The van der Waals surface area contributed by atoms with E-state index in [9.17, 15) is 9.59 Å². The van der Waals surface area contributed by atoms with Crippen molar-refractivity contribution in [2.75, 3.05) is 13.7 Å². The third-order valence-corrected chi connectivity index (χ3v) is 9.41. The highest BCUT2D eigenvalue weighted by Crippen LogP contribution is 2.37. The Balaban J connectivity index is 1.57. The number of nitrogens with zero attached hydrogens (tertiary/aromatic N) is 2. The number of allylic oxidation sites excluding steroid dienone is 1. The molecule has 0 amide bonds. The molecule has 0 aliphatic carbocycles. The van der Waals surface area contributed by atoms with Crippen LogP contribution in [0, 0.1) is 0 Å². The molecule has 2 heterocycles. The molecule has 46 heavy (non-hydrogen) atoms. The van der Waals surface area contributed by atoms with E-state index in [1.807, 2.05) is 56.3 Å². The van der Waals surface area contributed by atoms with E-state index in [1.165, 1.54) is 11.3 Å². The van der Waals surface area contributed by atoms with Crippen molar-refractivity contribution in [2.45, 2.75) is 46.4 Å². The summed E-state index contributed by atoms with van der Waals surface area (Å²) in [6.07, 6.45) is 1.72. The number of thiazole rings is 1. The third kappa shape index (κ3) is 7.27. The van der Waals surface area contributed by atoms with Gasteiger partial charge in [-0.15, -0.1) is 0 Å². The topological polar surface area (TPSA) is 88.4 Å². The number of aromatic nitrogens is 1. The van der Waals surface area contributed by atoms with E-state index in [-0.39, 0.29) is 23.8 Å². The number of esters is 1. The second-order valence-corrected chi connectivity index (χ2v) is 13.8. The normalized spacial score (nSPS) is 14.6. The Morgan fingerprint density at radius 2 is 1.78 bits per heavy atom. The highest BCUT2D eigenvalue weighted by atomic mass is 79.9. The lowest BCUT2D eigenvalue weighted by Crippen LogP contribution is -2.40. The Bertz CT molecular complexity index is 1980. The van der Waals surface area contributed by atoms with E-state index in [0.717, 1.165) is 11.1 Å². The molecular formula is C34H31Br2ClN2O6S. The van der Waals surface area contributed by atoms with Crippen molar-refractivity contribution in [2.24, 2.45) is 4.99 Å².